The average Bonchev–Trinajstić information content (AvgIpc) is 3.15. The monoisotopic (exact) mass is 321 g/mol. The molecule has 23 heavy (non-hydrogen) atoms. The number of nitrogens with one attached hydrogen (secondary N) is 1. The summed E-state index contributed by atoms with van der Waals surface area (Å²) in [7, 11) is 1.36. The molecule has 126 valence electrons. The summed E-state index contributed by atoms with van der Waals surface area (Å²) in [5.41, 5.74) is 0. The van der Waals surface area contributed by atoms with E-state index in [1.807, 2.05) is 4.90 Å². The van der Waals surface area contributed by atoms with Gasteiger partial charge in [-0.15, -0.1) is 0 Å². The molecule has 1 aromatic heterocycles. The zero-order valence-corrected chi connectivity index (χ0v) is 13.4. The number of piperidine rings is 2. The number of H-pyrrole nitrogens is 1. The second kappa shape index (κ2) is 6.97. The van der Waals surface area contributed by atoms with Crippen molar-refractivity contribution in [2.24, 2.45) is 0 Å². The zero-order chi connectivity index (χ0) is 16.2. The van der Waals surface area contributed by atoms with Crippen molar-refractivity contribution in [1.29, 1.82) is 0 Å². The highest BCUT2D eigenvalue weighted by Crippen LogP contribution is 2.27. The molecule has 0 aromatic carbocycles. The highest BCUT2D eigenvalue weighted by molar-refractivity contribution is 5.86. The van der Waals surface area contributed by atoms with E-state index in [4.69, 9.17) is 4.74 Å². The number of hydrogen-bond donors (Lipinski definition) is 1. The van der Waals surface area contributed by atoms with Crippen LogP contribution in [0.25, 0.3) is 0 Å². The van der Waals surface area contributed by atoms with Gasteiger partial charge in [-0.2, -0.15) is 5.10 Å². The summed E-state index contributed by atoms with van der Waals surface area (Å²) in [6.45, 7) is 1.98. The molecular weight excluding hydrogens is 298 g/mol. The summed E-state index contributed by atoms with van der Waals surface area (Å²) in [5.74, 6) is 1.27. The third kappa shape index (κ3) is 3.30. The first-order valence-electron chi connectivity index (χ1n) is 8.19. The lowest BCUT2D eigenvalue weighted by Gasteiger charge is -2.39. The SMILES string of the molecule is COC(=O)N1CCCC[C@H]1C(=O)N1CCC(c2ncn[nH]2)CC1. The molecule has 8 heteroatoms. The summed E-state index contributed by atoms with van der Waals surface area (Å²) in [6.07, 6.45) is 5.46. The first-order valence-corrected chi connectivity index (χ1v) is 8.19. The van der Waals surface area contributed by atoms with E-state index in [9.17, 15) is 9.59 Å². The summed E-state index contributed by atoms with van der Waals surface area (Å²) >= 11 is 0. The molecule has 0 aliphatic carbocycles. The Hall–Kier alpha value is -2.12. The van der Waals surface area contributed by atoms with Crippen molar-refractivity contribution in [2.45, 2.75) is 44.1 Å². The van der Waals surface area contributed by atoms with E-state index >= 15 is 0 Å². The molecule has 2 fully saturated rings. The second-order valence-electron chi connectivity index (χ2n) is 6.15. The van der Waals surface area contributed by atoms with Crippen LogP contribution < -0.4 is 0 Å². The van der Waals surface area contributed by atoms with Crippen molar-refractivity contribution in [1.82, 2.24) is 25.0 Å². The van der Waals surface area contributed by atoms with Crippen LogP contribution in [0, 0.1) is 0 Å². The third-order valence-corrected chi connectivity index (χ3v) is 4.82. The number of hydrogen-bond acceptors (Lipinski definition) is 5. The van der Waals surface area contributed by atoms with Crippen molar-refractivity contribution in [3.05, 3.63) is 12.2 Å². The van der Waals surface area contributed by atoms with Crippen molar-refractivity contribution in [2.75, 3.05) is 26.7 Å². The van der Waals surface area contributed by atoms with E-state index < -0.39 is 6.09 Å². The maximum absolute atomic E-state index is 12.8. The fraction of sp³-hybridized carbons (Fsp3) is 0.733. The first-order chi connectivity index (χ1) is 11.2. The maximum atomic E-state index is 12.8. The number of carbonyl (C=O) groups excluding carboxylic acids is 2. The predicted octanol–water partition coefficient (Wildman–Crippen LogP) is 1.13. The Bertz CT molecular complexity index is 539. The highest BCUT2D eigenvalue weighted by Gasteiger charge is 2.36. The Kier molecular flexibility index (Phi) is 4.78. The van der Waals surface area contributed by atoms with Gasteiger partial charge in [-0.05, 0) is 32.1 Å². The van der Waals surface area contributed by atoms with Gasteiger partial charge in [0.25, 0.3) is 0 Å². The molecule has 1 aromatic rings. The molecule has 2 amide bonds. The molecule has 3 heterocycles. The number of ether oxygens (including phenoxy) is 1. The summed E-state index contributed by atoms with van der Waals surface area (Å²) in [4.78, 5) is 32.4. The van der Waals surface area contributed by atoms with E-state index in [2.05, 4.69) is 15.2 Å². The smallest absolute Gasteiger partial charge is 0.410 e. The van der Waals surface area contributed by atoms with Crippen LogP contribution in [-0.2, 0) is 9.53 Å². The third-order valence-electron chi connectivity index (χ3n) is 4.82. The number of rotatable bonds is 2. The predicted molar refractivity (Wildman–Crippen MR) is 81.7 cm³/mol. The van der Waals surface area contributed by atoms with Gasteiger partial charge in [0.2, 0.25) is 5.91 Å². The van der Waals surface area contributed by atoms with Crippen molar-refractivity contribution < 1.29 is 14.3 Å². The Morgan fingerprint density at radius 2 is 2.00 bits per heavy atom. The topological polar surface area (TPSA) is 91.4 Å². The van der Waals surface area contributed by atoms with Crippen molar-refractivity contribution in [3.63, 3.8) is 0 Å². The fourth-order valence-corrected chi connectivity index (χ4v) is 3.52. The molecule has 2 aliphatic heterocycles. The molecular formula is C15H23N5O3. The zero-order valence-electron chi connectivity index (χ0n) is 13.4. The number of nitrogens with zero attached hydrogens (tertiary/aromatic N) is 4. The number of likely N-dealkylation sites (tertiary alicyclic amines) is 2. The Morgan fingerprint density at radius 1 is 1.22 bits per heavy atom. The summed E-state index contributed by atoms with van der Waals surface area (Å²) in [5, 5.41) is 6.80. The summed E-state index contributed by atoms with van der Waals surface area (Å²) in [6, 6.07) is -0.377. The minimum Gasteiger partial charge on any atom is -0.453 e. The van der Waals surface area contributed by atoms with Gasteiger partial charge < -0.3 is 9.64 Å². The molecule has 0 spiro atoms. The van der Waals surface area contributed by atoms with Gasteiger partial charge in [-0.3, -0.25) is 14.8 Å². The average molecular weight is 321 g/mol. The molecule has 2 aliphatic rings. The maximum Gasteiger partial charge on any atom is 0.410 e. The van der Waals surface area contributed by atoms with E-state index in [0.717, 1.165) is 37.9 Å². The lowest BCUT2D eigenvalue weighted by Crippen LogP contribution is -2.54. The number of aromatic nitrogens is 3. The minimum absolute atomic E-state index is 0.0473. The van der Waals surface area contributed by atoms with Crippen LogP contribution >= 0.6 is 0 Å². The Labute approximate surface area is 135 Å². The number of carbonyl (C=O) groups is 2. The summed E-state index contributed by atoms with van der Waals surface area (Å²) < 4.78 is 4.82. The highest BCUT2D eigenvalue weighted by atomic mass is 16.5. The lowest BCUT2D eigenvalue weighted by atomic mass is 9.94. The van der Waals surface area contributed by atoms with E-state index in [1.165, 1.54) is 13.4 Å². The quantitative estimate of drug-likeness (QED) is 0.881. The van der Waals surface area contributed by atoms with Gasteiger partial charge in [0.1, 0.15) is 18.2 Å². The van der Waals surface area contributed by atoms with Gasteiger partial charge >= 0.3 is 6.09 Å². The van der Waals surface area contributed by atoms with Crippen molar-refractivity contribution in [3.8, 4) is 0 Å². The minimum atomic E-state index is -0.403. The molecule has 1 atom stereocenters. The van der Waals surface area contributed by atoms with E-state index in [-0.39, 0.29) is 11.9 Å². The number of methoxy groups -OCH3 is 1. The molecule has 8 nitrogen and oxygen atoms in total. The number of amides is 2. The molecule has 1 N–H and O–H groups in total. The first kappa shape index (κ1) is 15.8. The van der Waals surface area contributed by atoms with Gasteiger partial charge in [0, 0.05) is 25.6 Å². The van der Waals surface area contributed by atoms with E-state index in [1.54, 1.807) is 4.90 Å². The van der Waals surface area contributed by atoms with Gasteiger partial charge in [-0.25, -0.2) is 9.78 Å². The van der Waals surface area contributed by atoms with Gasteiger partial charge in [0.05, 0.1) is 7.11 Å². The van der Waals surface area contributed by atoms with Crippen LogP contribution in [0.4, 0.5) is 4.79 Å². The Balaban J connectivity index is 1.60. The fourth-order valence-electron chi connectivity index (χ4n) is 3.52. The van der Waals surface area contributed by atoms with Crippen LogP contribution in [0.5, 0.6) is 0 Å². The van der Waals surface area contributed by atoms with Crippen molar-refractivity contribution >= 4 is 12.0 Å². The largest absolute Gasteiger partial charge is 0.453 e. The molecule has 0 unspecified atom stereocenters. The molecule has 0 bridgehead atoms. The second-order valence-corrected chi connectivity index (χ2v) is 6.15. The number of aromatic amines is 1. The lowest BCUT2D eigenvalue weighted by molar-refractivity contribution is -0.138. The molecule has 0 radical (unpaired) electrons. The normalized spacial score (nSPS) is 22.9. The van der Waals surface area contributed by atoms with Crippen LogP contribution in [0.2, 0.25) is 0 Å². The molecule has 2 saturated heterocycles. The van der Waals surface area contributed by atoms with Gasteiger partial charge in [0.15, 0.2) is 0 Å². The van der Waals surface area contributed by atoms with E-state index in [0.29, 0.717) is 25.6 Å². The van der Waals surface area contributed by atoms with Crippen LogP contribution in [0.3, 0.4) is 0 Å². The Morgan fingerprint density at radius 3 is 2.65 bits per heavy atom. The van der Waals surface area contributed by atoms with Crippen LogP contribution in [0.1, 0.15) is 43.8 Å². The molecule has 3 rings (SSSR count). The van der Waals surface area contributed by atoms with Gasteiger partial charge in [-0.1, -0.05) is 0 Å². The van der Waals surface area contributed by atoms with Crippen LogP contribution in [0.15, 0.2) is 6.33 Å². The molecule has 0 saturated carbocycles. The van der Waals surface area contributed by atoms with Crippen LogP contribution in [-0.4, -0.2) is 69.8 Å². The standard InChI is InChI=1S/C15H23N5O3/c1-23-15(22)20-7-3-2-4-12(20)14(21)19-8-5-11(6-9-19)13-16-10-17-18-13/h10-12H,2-9H2,1H3,(H,16,17,18)/t12-/m0/s1.